The van der Waals surface area contributed by atoms with Crippen molar-refractivity contribution in [2.24, 2.45) is 0 Å². The highest BCUT2D eigenvalue weighted by molar-refractivity contribution is 6.19. The first kappa shape index (κ1) is 29.7. The van der Waals surface area contributed by atoms with Crippen molar-refractivity contribution in [3.05, 3.63) is 194 Å². The number of rotatable bonds is 4. The normalized spacial score (nSPS) is 11.8. The van der Waals surface area contributed by atoms with Crippen LogP contribution in [0.3, 0.4) is 0 Å². The molecule has 0 bridgehead atoms. The monoisotopic (exact) mass is 672 g/mol. The van der Waals surface area contributed by atoms with Gasteiger partial charge in [0, 0.05) is 10.8 Å². The molecule has 0 amide bonds. The molecule has 0 fully saturated rings. The largest absolute Gasteiger partial charge is 0.456 e. The Morgan fingerprint density at radius 3 is 1.51 bits per heavy atom. The minimum absolute atomic E-state index is 0.888. The van der Waals surface area contributed by atoms with Crippen molar-refractivity contribution in [2.75, 3.05) is 0 Å². The van der Waals surface area contributed by atoms with E-state index in [9.17, 15) is 0 Å². The fourth-order valence-corrected chi connectivity index (χ4v) is 8.55. The number of hydrogen-bond acceptors (Lipinski definition) is 1. The van der Waals surface area contributed by atoms with E-state index in [4.69, 9.17) is 4.42 Å². The molecule has 1 heterocycles. The maximum atomic E-state index is 6.67. The van der Waals surface area contributed by atoms with Crippen molar-refractivity contribution in [1.29, 1.82) is 0 Å². The summed E-state index contributed by atoms with van der Waals surface area (Å²) >= 11 is 0. The molecule has 11 aromatic rings. The van der Waals surface area contributed by atoms with Gasteiger partial charge in [-0.25, -0.2) is 0 Å². The van der Waals surface area contributed by atoms with Crippen LogP contribution in [0.2, 0.25) is 0 Å². The van der Waals surface area contributed by atoms with Gasteiger partial charge in [0.2, 0.25) is 0 Å². The van der Waals surface area contributed by atoms with Crippen LogP contribution in [0.15, 0.2) is 199 Å². The third kappa shape index (κ3) is 4.79. The Morgan fingerprint density at radius 1 is 0.245 bits per heavy atom. The van der Waals surface area contributed by atoms with Gasteiger partial charge in [-0.15, -0.1) is 0 Å². The van der Waals surface area contributed by atoms with Crippen molar-refractivity contribution in [3.8, 4) is 44.5 Å². The summed E-state index contributed by atoms with van der Waals surface area (Å²) in [7, 11) is 0. The lowest BCUT2D eigenvalue weighted by molar-refractivity contribution is 0.669. The zero-order valence-corrected chi connectivity index (χ0v) is 28.9. The van der Waals surface area contributed by atoms with Crippen LogP contribution >= 0.6 is 0 Å². The fraction of sp³-hybridized carbons (Fsp3) is 0. The molecule has 1 nitrogen and oxygen atoms in total. The van der Waals surface area contributed by atoms with E-state index < -0.39 is 0 Å². The number of furan rings is 1. The second kappa shape index (κ2) is 11.8. The summed E-state index contributed by atoms with van der Waals surface area (Å²) in [5.41, 5.74) is 11.2. The molecule has 53 heavy (non-hydrogen) atoms. The van der Waals surface area contributed by atoms with E-state index >= 15 is 0 Å². The lowest BCUT2D eigenvalue weighted by atomic mass is 9.88. The zero-order valence-electron chi connectivity index (χ0n) is 28.9. The third-order valence-electron chi connectivity index (χ3n) is 11.0. The number of fused-ring (bicyclic) bond motifs is 9. The van der Waals surface area contributed by atoms with Crippen molar-refractivity contribution >= 4 is 65.0 Å². The van der Waals surface area contributed by atoms with Crippen molar-refractivity contribution in [1.82, 2.24) is 0 Å². The first-order chi connectivity index (χ1) is 26.3. The molecule has 10 aromatic carbocycles. The number of hydrogen-bond donors (Lipinski definition) is 0. The average molecular weight is 673 g/mol. The first-order valence-electron chi connectivity index (χ1n) is 18.2. The molecule has 0 aliphatic carbocycles. The van der Waals surface area contributed by atoms with Gasteiger partial charge in [-0.3, -0.25) is 0 Å². The Morgan fingerprint density at radius 2 is 0.774 bits per heavy atom. The summed E-state index contributed by atoms with van der Waals surface area (Å²) in [5, 5.41) is 12.3. The summed E-state index contributed by atoms with van der Waals surface area (Å²) < 4.78 is 6.67. The quantitative estimate of drug-likeness (QED) is 0.170. The van der Waals surface area contributed by atoms with E-state index in [0.717, 1.165) is 33.1 Å². The molecule has 0 saturated carbocycles. The lowest BCUT2D eigenvalue weighted by Gasteiger charge is -2.15. The third-order valence-corrected chi connectivity index (χ3v) is 11.0. The van der Waals surface area contributed by atoms with Crippen LogP contribution in [0.25, 0.3) is 110 Å². The van der Waals surface area contributed by atoms with Gasteiger partial charge in [0.15, 0.2) is 0 Å². The van der Waals surface area contributed by atoms with E-state index in [-0.39, 0.29) is 0 Å². The second-order valence-electron chi connectivity index (χ2n) is 14.0. The summed E-state index contributed by atoms with van der Waals surface area (Å²) in [6.45, 7) is 0. The predicted octanol–water partition coefficient (Wildman–Crippen LogP) is 14.9. The Hall–Kier alpha value is -6.96. The molecular formula is C52H32O. The van der Waals surface area contributed by atoms with Crippen LogP contribution in [0.4, 0.5) is 0 Å². The molecule has 0 saturated heterocycles. The van der Waals surface area contributed by atoms with Gasteiger partial charge in [0.05, 0.1) is 0 Å². The van der Waals surface area contributed by atoms with Gasteiger partial charge < -0.3 is 4.42 Å². The topological polar surface area (TPSA) is 13.1 Å². The van der Waals surface area contributed by atoms with Crippen LogP contribution in [-0.4, -0.2) is 0 Å². The van der Waals surface area contributed by atoms with E-state index in [1.54, 1.807) is 0 Å². The maximum absolute atomic E-state index is 6.67. The van der Waals surface area contributed by atoms with Crippen LogP contribution in [-0.2, 0) is 0 Å². The van der Waals surface area contributed by atoms with Crippen LogP contribution < -0.4 is 0 Å². The van der Waals surface area contributed by atoms with E-state index in [2.05, 4.69) is 194 Å². The van der Waals surface area contributed by atoms with Crippen LogP contribution in [0, 0.1) is 0 Å². The molecule has 0 aliphatic heterocycles. The molecule has 11 rings (SSSR count). The smallest absolute Gasteiger partial charge is 0.136 e. The fourth-order valence-electron chi connectivity index (χ4n) is 8.55. The highest BCUT2D eigenvalue weighted by Gasteiger charge is 2.19. The highest BCUT2D eigenvalue weighted by Crippen LogP contribution is 2.45. The van der Waals surface area contributed by atoms with Crippen LogP contribution in [0.5, 0.6) is 0 Å². The first-order valence-corrected chi connectivity index (χ1v) is 18.2. The van der Waals surface area contributed by atoms with Gasteiger partial charge in [0.1, 0.15) is 11.2 Å². The van der Waals surface area contributed by atoms with Crippen molar-refractivity contribution in [3.63, 3.8) is 0 Å². The Kier molecular flexibility index (Phi) is 6.62. The lowest BCUT2D eigenvalue weighted by Crippen LogP contribution is -1.89. The standard InChI is InChI=1S/C52H32O/c1-2-12-33(13-3-1)38-28-39(30-40(29-38)48-31-36-15-5-7-17-42(36)45-18-8-9-19-46(45)48)44-21-11-23-50-52(44)51-43(20-10-22-49(51)53-50)37-27-26-35-25-24-34-14-4-6-16-41(34)47(35)32-37/h1-32H. The summed E-state index contributed by atoms with van der Waals surface area (Å²) in [6.07, 6.45) is 0. The Bertz CT molecular complexity index is 3220. The minimum atomic E-state index is 0.888. The van der Waals surface area contributed by atoms with Crippen LogP contribution in [0.1, 0.15) is 0 Å². The second-order valence-corrected chi connectivity index (χ2v) is 14.0. The van der Waals surface area contributed by atoms with E-state index in [1.807, 2.05) is 0 Å². The van der Waals surface area contributed by atoms with Gasteiger partial charge in [-0.2, -0.15) is 0 Å². The van der Waals surface area contributed by atoms with Crippen molar-refractivity contribution in [2.45, 2.75) is 0 Å². The zero-order chi connectivity index (χ0) is 34.9. The average Bonchev–Trinajstić information content (AvgIpc) is 3.63. The molecule has 0 N–H and O–H groups in total. The molecular weight excluding hydrogens is 641 g/mol. The molecule has 0 unspecified atom stereocenters. The Balaban J connectivity index is 1.19. The maximum Gasteiger partial charge on any atom is 0.136 e. The van der Waals surface area contributed by atoms with E-state index in [1.165, 1.54) is 76.5 Å². The molecule has 0 radical (unpaired) electrons. The minimum Gasteiger partial charge on any atom is -0.456 e. The summed E-state index contributed by atoms with van der Waals surface area (Å²) in [6, 6.07) is 70.6. The summed E-state index contributed by atoms with van der Waals surface area (Å²) in [4.78, 5) is 0. The highest BCUT2D eigenvalue weighted by atomic mass is 16.3. The Labute approximate surface area is 307 Å². The van der Waals surface area contributed by atoms with Gasteiger partial charge in [0.25, 0.3) is 0 Å². The molecule has 0 spiro atoms. The molecule has 1 heteroatoms. The molecule has 0 aliphatic rings. The summed E-state index contributed by atoms with van der Waals surface area (Å²) in [5.74, 6) is 0. The van der Waals surface area contributed by atoms with Gasteiger partial charge >= 0.3 is 0 Å². The number of benzene rings is 10. The van der Waals surface area contributed by atoms with Gasteiger partial charge in [-0.05, 0) is 130 Å². The molecule has 1 aromatic heterocycles. The van der Waals surface area contributed by atoms with Crippen molar-refractivity contribution < 1.29 is 4.42 Å². The van der Waals surface area contributed by atoms with Gasteiger partial charge in [-0.1, -0.05) is 152 Å². The molecule has 246 valence electrons. The molecule has 0 atom stereocenters. The van der Waals surface area contributed by atoms with E-state index in [0.29, 0.717) is 0 Å². The predicted molar refractivity (Wildman–Crippen MR) is 225 cm³/mol. The SMILES string of the molecule is c1ccc(-c2cc(-c3cc4ccccc4c4ccccc34)cc(-c3cccc4oc5cccc(-c6ccc7ccc8ccccc8c7c6)c5c34)c2)cc1.